The van der Waals surface area contributed by atoms with E-state index in [2.05, 4.69) is 9.97 Å². The number of rotatable bonds is 8. The summed E-state index contributed by atoms with van der Waals surface area (Å²) in [6, 6.07) is 9.58. The van der Waals surface area contributed by atoms with E-state index in [1.165, 1.54) is 37.7 Å². The lowest BCUT2D eigenvalue weighted by Gasteiger charge is -2.22. The van der Waals surface area contributed by atoms with Crippen LogP contribution in [0, 0.1) is 5.82 Å². The van der Waals surface area contributed by atoms with Crippen molar-refractivity contribution in [2.75, 3.05) is 25.7 Å². The maximum atomic E-state index is 13.7. The van der Waals surface area contributed by atoms with Crippen LogP contribution in [-0.4, -0.2) is 41.2 Å². The molecule has 0 unspecified atom stereocenters. The highest BCUT2D eigenvalue weighted by atomic mass is 32.1. The van der Waals surface area contributed by atoms with Gasteiger partial charge in [0.2, 0.25) is 0 Å². The molecule has 0 radical (unpaired) electrons. The standard InChI is InChI=1S/C22H21FN4O3S/c1-29-18-6-3-5-16(20(18)30-2)21(28)27(11-4-10-26-12-9-24-14-26)22-25-17-8-7-15(23)13-19(17)31-22/h3,5-9,12-14H,4,10-11H2,1-2H3. The summed E-state index contributed by atoms with van der Waals surface area (Å²) in [4.78, 5) is 23.8. The predicted octanol–water partition coefficient (Wildman–Crippen LogP) is 4.39. The second-order valence-electron chi connectivity index (χ2n) is 6.76. The molecule has 0 saturated carbocycles. The third kappa shape index (κ3) is 4.36. The van der Waals surface area contributed by atoms with Crippen molar-refractivity contribution in [2.24, 2.45) is 0 Å². The normalized spacial score (nSPS) is 10.9. The van der Waals surface area contributed by atoms with E-state index in [9.17, 15) is 9.18 Å². The summed E-state index contributed by atoms with van der Waals surface area (Å²) in [5, 5.41) is 0.501. The van der Waals surface area contributed by atoms with Gasteiger partial charge < -0.3 is 14.0 Å². The quantitative estimate of drug-likeness (QED) is 0.407. The number of thiazole rings is 1. The van der Waals surface area contributed by atoms with Gasteiger partial charge in [-0.3, -0.25) is 9.69 Å². The SMILES string of the molecule is COc1cccc(C(=O)N(CCCn2ccnc2)c2nc3ccc(F)cc3s2)c1OC. The van der Waals surface area contributed by atoms with E-state index in [1.807, 2.05) is 10.8 Å². The van der Waals surface area contributed by atoms with Crippen molar-refractivity contribution < 1.29 is 18.7 Å². The summed E-state index contributed by atoms with van der Waals surface area (Å²) in [6.07, 6.45) is 6.00. The zero-order valence-corrected chi connectivity index (χ0v) is 17.9. The molecule has 1 amide bonds. The van der Waals surface area contributed by atoms with Crippen LogP contribution in [0.2, 0.25) is 0 Å². The summed E-state index contributed by atoms with van der Waals surface area (Å²) in [7, 11) is 3.02. The molecule has 2 aromatic heterocycles. The number of para-hydroxylation sites is 1. The van der Waals surface area contributed by atoms with Crippen LogP contribution in [0.15, 0.2) is 55.1 Å². The topological polar surface area (TPSA) is 69.5 Å². The summed E-state index contributed by atoms with van der Waals surface area (Å²) in [5.41, 5.74) is 1.02. The smallest absolute Gasteiger partial charge is 0.263 e. The number of halogens is 1. The molecule has 0 N–H and O–H groups in total. The number of carbonyl (C=O) groups is 1. The van der Waals surface area contributed by atoms with Crippen molar-refractivity contribution in [3.05, 3.63) is 66.5 Å². The molecular formula is C22H21FN4O3S. The molecule has 0 spiro atoms. The van der Waals surface area contributed by atoms with Gasteiger partial charge in [-0.25, -0.2) is 14.4 Å². The largest absolute Gasteiger partial charge is 0.493 e. The average molecular weight is 441 g/mol. The Labute approximate surface area is 182 Å². The highest BCUT2D eigenvalue weighted by molar-refractivity contribution is 7.22. The zero-order valence-electron chi connectivity index (χ0n) is 17.1. The van der Waals surface area contributed by atoms with E-state index in [0.29, 0.717) is 51.9 Å². The fourth-order valence-electron chi connectivity index (χ4n) is 3.32. The number of fused-ring (bicyclic) bond motifs is 1. The summed E-state index contributed by atoms with van der Waals surface area (Å²) in [6.45, 7) is 1.11. The van der Waals surface area contributed by atoms with Crippen molar-refractivity contribution in [3.8, 4) is 11.5 Å². The Kier molecular flexibility index (Phi) is 6.13. The Hall–Kier alpha value is -3.46. The Bertz CT molecular complexity index is 1190. The number of ether oxygens (including phenoxy) is 2. The molecule has 4 aromatic rings. The van der Waals surface area contributed by atoms with Gasteiger partial charge in [-0.15, -0.1) is 0 Å². The van der Waals surface area contributed by atoms with Crippen molar-refractivity contribution in [1.29, 1.82) is 0 Å². The molecular weight excluding hydrogens is 419 g/mol. The fourth-order valence-corrected chi connectivity index (χ4v) is 4.33. The van der Waals surface area contributed by atoms with Crippen LogP contribution in [0.3, 0.4) is 0 Å². The molecule has 0 fully saturated rings. The maximum Gasteiger partial charge on any atom is 0.263 e. The lowest BCUT2D eigenvalue weighted by Crippen LogP contribution is -2.32. The van der Waals surface area contributed by atoms with Gasteiger partial charge in [0.1, 0.15) is 5.82 Å². The molecule has 0 aliphatic heterocycles. The second kappa shape index (κ2) is 9.13. The Morgan fingerprint density at radius 1 is 1.23 bits per heavy atom. The zero-order chi connectivity index (χ0) is 21.8. The van der Waals surface area contributed by atoms with Gasteiger partial charge in [-0.1, -0.05) is 17.4 Å². The van der Waals surface area contributed by atoms with Gasteiger partial charge in [0.25, 0.3) is 5.91 Å². The lowest BCUT2D eigenvalue weighted by atomic mass is 10.1. The minimum atomic E-state index is -0.338. The number of benzene rings is 2. The number of carbonyl (C=O) groups excluding carboxylic acids is 1. The Morgan fingerprint density at radius 2 is 2.10 bits per heavy atom. The van der Waals surface area contributed by atoms with Crippen LogP contribution in [0.25, 0.3) is 10.2 Å². The number of aromatic nitrogens is 3. The number of nitrogens with zero attached hydrogens (tertiary/aromatic N) is 4. The molecule has 31 heavy (non-hydrogen) atoms. The number of amides is 1. The van der Waals surface area contributed by atoms with Gasteiger partial charge in [0.15, 0.2) is 16.6 Å². The van der Waals surface area contributed by atoms with Crippen molar-refractivity contribution >= 4 is 32.6 Å². The van der Waals surface area contributed by atoms with Gasteiger partial charge in [-0.05, 0) is 36.8 Å². The van der Waals surface area contributed by atoms with Crippen LogP contribution in [0.1, 0.15) is 16.8 Å². The van der Waals surface area contributed by atoms with Crippen LogP contribution >= 0.6 is 11.3 Å². The molecule has 7 nitrogen and oxygen atoms in total. The molecule has 2 aromatic carbocycles. The average Bonchev–Trinajstić information content (AvgIpc) is 3.45. The first-order chi connectivity index (χ1) is 15.1. The van der Waals surface area contributed by atoms with Crippen LogP contribution in [0.4, 0.5) is 9.52 Å². The van der Waals surface area contributed by atoms with E-state index in [0.717, 1.165) is 0 Å². The molecule has 2 heterocycles. The van der Waals surface area contributed by atoms with Gasteiger partial charge in [0.05, 0.1) is 36.3 Å². The van der Waals surface area contributed by atoms with Crippen molar-refractivity contribution in [2.45, 2.75) is 13.0 Å². The molecule has 160 valence electrons. The van der Waals surface area contributed by atoms with E-state index < -0.39 is 0 Å². The fraction of sp³-hybridized carbons (Fsp3) is 0.227. The highest BCUT2D eigenvalue weighted by Gasteiger charge is 2.25. The Morgan fingerprint density at radius 3 is 2.84 bits per heavy atom. The van der Waals surface area contributed by atoms with Gasteiger partial charge >= 0.3 is 0 Å². The second-order valence-corrected chi connectivity index (χ2v) is 7.77. The number of anilines is 1. The third-order valence-electron chi connectivity index (χ3n) is 4.81. The predicted molar refractivity (Wildman–Crippen MR) is 118 cm³/mol. The number of hydrogen-bond acceptors (Lipinski definition) is 6. The molecule has 0 bridgehead atoms. The van der Waals surface area contributed by atoms with Crippen molar-refractivity contribution in [3.63, 3.8) is 0 Å². The van der Waals surface area contributed by atoms with Gasteiger partial charge in [0, 0.05) is 25.5 Å². The first kappa shape index (κ1) is 20.8. The highest BCUT2D eigenvalue weighted by Crippen LogP contribution is 2.35. The molecule has 0 aliphatic rings. The van der Waals surface area contributed by atoms with E-state index in [1.54, 1.807) is 41.7 Å². The van der Waals surface area contributed by atoms with E-state index in [-0.39, 0.29) is 11.7 Å². The number of hydrogen-bond donors (Lipinski definition) is 0. The van der Waals surface area contributed by atoms with Crippen molar-refractivity contribution in [1.82, 2.24) is 14.5 Å². The maximum absolute atomic E-state index is 13.7. The lowest BCUT2D eigenvalue weighted by molar-refractivity contribution is 0.0982. The summed E-state index contributed by atoms with van der Waals surface area (Å²) in [5.74, 6) is 0.232. The molecule has 0 atom stereocenters. The molecule has 0 aliphatic carbocycles. The first-order valence-electron chi connectivity index (χ1n) is 9.65. The summed E-state index contributed by atoms with van der Waals surface area (Å²) >= 11 is 1.28. The van der Waals surface area contributed by atoms with Crippen LogP contribution in [0.5, 0.6) is 11.5 Å². The first-order valence-corrected chi connectivity index (χ1v) is 10.5. The van der Waals surface area contributed by atoms with Crippen LogP contribution < -0.4 is 14.4 Å². The van der Waals surface area contributed by atoms with E-state index >= 15 is 0 Å². The minimum Gasteiger partial charge on any atom is -0.493 e. The minimum absolute atomic E-state index is 0.263. The monoisotopic (exact) mass is 440 g/mol. The van der Waals surface area contributed by atoms with E-state index in [4.69, 9.17) is 9.47 Å². The number of aryl methyl sites for hydroxylation is 1. The summed E-state index contributed by atoms with van der Waals surface area (Å²) < 4.78 is 27.1. The Balaban J connectivity index is 1.69. The third-order valence-corrected chi connectivity index (χ3v) is 5.85. The number of methoxy groups -OCH3 is 2. The molecule has 4 rings (SSSR count). The van der Waals surface area contributed by atoms with Gasteiger partial charge in [-0.2, -0.15) is 0 Å². The molecule has 9 heteroatoms. The number of imidazole rings is 1. The molecule has 0 saturated heterocycles. The van der Waals surface area contributed by atoms with Crippen LogP contribution in [-0.2, 0) is 6.54 Å².